The summed E-state index contributed by atoms with van der Waals surface area (Å²) in [6.45, 7) is 11.1. The van der Waals surface area contributed by atoms with Crippen molar-refractivity contribution in [2.45, 2.75) is 33.2 Å². The highest BCUT2D eigenvalue weighted by molar-refractivity contribution is 6.46. The molecule has 0 saturated carbocycles. The van der Waals surface area contributed by atoms with E-state index in [9.17, 15) is 14.7 Å². The van der Waals surface area contributed by atoms with Crippen molar-refractivity contribution in [2.75, 3.05) is 52.6 Å². The number of carbonyl (C=O) groups is 2. The minimum atomic E-state index is -0.726. The predicted octanol–water partition coefficient (Wildman–Crippen LogP) is 4.26. The van der Waals surface area contributed by atoms with Gasteiger partial charge in [-0.25, -0.2) is 0 Å². The fourth-order valence-electron chi connectivity index (χ4n) is 4.75. The van der Waals surface area contributed by atoms with E-state index in [0.717, 1.165) is 25.1 Å². The molecule has 0 radical (unpaired) electrons. The number of carbonyl (C=O) groups excluding carboxylic acids is 2. The van der Waals surface area contributed by atoms with Crippen LogP contribution in [0, 0.1) is 5.92 Å². The third kappa shape index (κ3) is 6.55. The second-order valence-corrected chi connectivity index (χ2v) is 10.0. The minimum Gasteiger partial charge on any atom is -0.507 e. The number of nitrogens with zero attached hydrogens (tertiary/aromatic N) is 2. The van der Waals surface area contributed by atoms with Crippen molar-refractivity contribution in [1.29, 1.82) is 0 Å². The Bertz CT molecular complexity index is 1140. The summed E-state index contributed by atoms with van der Waals surface area (Å²) in [5.74, 6) is 0.355. The molecule has 38 heavy (non-hydrogen) atoms. The van der Waals surface area contributed by atoms with E-state index in [4.69, 9.17) is 14.2 Å². The van der Waals surface area contributed by atoms with E-state index < -0.39 is 17.7 Å². The maximum Gasteiger partial charge on any atom is 0.295 e. The van der Waals surface area contributed by atoms with Gasteiger partial charge in [-0.05, 0) is 61.2 Å². The van der Waals surface area contributed by atoms with Gasteiger partial charge in [0, 0.05) is 31.7 Å². The van der Waals surface area contributed by atoms with Crippen LogP contribution in [0.4, 0.5) is 0 Å². The molecule has 1 unspecified atom stereocenters. The number of morpholine rings is 1. The van der Waals surface area contributed by atoms with E-state index in [0.29, 0.717) is 62.5 Å². The van der Waals surface area contributed by atoms with Crippen LogP contribution in [0.25, 0.3) is 5.76 Å². The molecule has 8 heteroatoms. The Kier molecular flexibility index (Phi) is 9.42. The lowest BCUT2D eigenvalue weighted by molar-refractivity contribution is -0.140. The molecule has 0 spiro atoms. The van der Waals surface area contributed by atoms with Crippen LogP contribution >= 0.6 is 0 Å². The number of Topliss-reactive ketones (excluding diaryl/α,β-unsaturated/α-hetero) is 1. The molecule has 8 nitrogen and oxygen atoms in total. The van der Waals surface area contributed by atoms with E-state index in [-0.39, 0.29) is 11.3 Å². The first-order valence-electron chi connectivity index (χ1n) is 13.4. The number of likely N-dealkylation sites (tertiary alicyclic amines) is 1. The quantitative estimate of drug-likeness (QED) is 0.268. The Morgan fingerprint density at radius 3 is 2.45 bits per heavy atom. The number of amides is 1. The van der Waals surface area contributed by atoms with Gasteiger partial charge in [-0.2, -0.15) is 0 Å². The van der Waals surface area contributed by atoms with Gasteiger partial charge in [0.25, 0.3) is 11.7 Å². The van der Waals surface area contributed by atoms with Crippen LogP contribution in [0.5, 0.6) is 11.5 Å². The van der Waals surface area contributed by atoms with Gasteiger partial charge >= 0.3 is 0 Å². The molecule has 2 aliphatic rings. The molecule has 1 N–H and O–H groups in total. The molecule has 2 heterocycles. The third-order valence-electron chi connectivity index (χ3n) is 6.88. The molecule has 2 aromatic rings. The topological polar surface area (TPSA) is 88.5 Å². The normalized spacial score (nSPS) is 19.8. The molecule has 2 aliphatic heterocycles. The van der Waals surface area contributed by atoms with E-state index >= 15 is 0 Å². The highest BCUT2D eigenvalue weighted by atomic mass is 16.5. The van der Waals surface area contributed by atoms with Gasteiger partial charge in [0.15, 0.2) is 0 Å². The molecular formula is C30H38N2O6. The highest BCUT2D eigenvalue weighted by Crippen LogP contribution is 2.40. The molecule has 2 aromatic carbocycles. The predicted molar refractivity (Wildman–Crippen MR) is 145 cm³/mol. The number of ether oxygens (including phenoxy) is 3. The second kappa shape index (κ2) is 12.9. The van der Waals surface area contributed by atoms with Crippen LogP contribution in [0.2, 0.25) is 0 Å². The fourth-order valence-corrected chi connectivity index (χ4v) is 4.75. The average Bonchev–Trinajstić information content (AvgIpc) is 3.17. The lowest BCUT2D eigenvalue weighted by atomic mass is 9.95. The largest absolute Gasteiger partial charge is 0.507 e. The van der Waals surface area contributed by atoms with Crippen molar-refractivity contribution in [3.05, 3.63) is 65.2 Å². The summed E-state index contributed by atoms with van der Waals surface area (Å²) in [5, 5.41) is 11.3. The van der Waals surface area contributed by atoms with Crippen molar-refractivity contribution in [2.24, 2.45) is 5.92 Å². The van der Waals surface area contributed by atoms with Gasteiger partial charge in [0.2, 0.25) is 0 Å². The Morgan fingerprint density at radius 1 is 1.03 bits per heavy atom. The first kappa shape index (κ1) is 27.7. The Balaban J connectivity index is 1.69. The van der Waals surface area contributed by atoms with Crippen LogP contribution in [0.15, 0.2) is 54.1 Å². The van der Waals surface area contributed by atoms with Crippen molar-refractivity contribution in [1.82, 2.24) is 9.80 Å². The van der Waals surface area contributed by atoms with E-state index in [1.54, 1.807) is 29.2 Å². The molecule has 1 atom stereocenters. The van der Waals surface area contributed by atoms with Crippen LogP contribution in [0.1, 0.15) is 44.4 Å². The highest BCUT2D eigenvalue weighted by Gasteiger charge is 2.46. The zero-order valence-corrected chi connectivity index (χ0v) is 22.5. The Hall–Kier alpha value is -3.36. The molecule has 204 valence electrons. The van der Waals surface area contributed by atoms with Crippen LogP contribution in [-0.2, 0) is 14.3 Å². The molecular weight excluding hydrogens is 484 g/mol. The Morgan fingerprint density at radius 2 is 1.76 bits per heavy atom. The average molecular weight is 523 g/mol. The molecule has 4 rings (SSSR count). The molecule has 2 saturated heterocycles. The van der Waals surface area contributed by atoms with Crippen LogP contribution in [-0.4, -0.2) is 79.2 Å². The number of hydrogen-bond acceptors (Lipinski definition) is 7. The van der Waals surface area contributed by atoms with Gasteiger partial charge in [-0.3, -0.25) is 14.5 Å². The lowest BCUT2D eigenvalue weighted by Crippen LogP contribution is -2.42. The fraction of sp³-hybridized carbons (Fsp3) is 0.467. The van der Waals surface area contributed by atoms with Crippen LogP contribution in [0.3, 0.4) is 0 Å². The monoisotopic (exact) mass is 522 g/mol. The molecule has 1 amide bonds. The number of aliphatic hydroxyl groups excluding tert-OH is 1. The number of benzene rings is 2. The van der Waals surface area contributed by atoms with Gasteiger partial charge in [-0.15, -0.1) is 0 Å². The molecule has 0 aliphatic carbocycles. The van der Waals surface area contributed by atoms with Crippen molar-refractivity contribution < 1.29 is 28.9 Å². The van der Waals surface area contributed by atoms with E-state index in [1.807, 2.05) is 31.2 Å². The van der Waals surface area contributed by atoms with Crippen LogP contribution < -0.4 is 9.47 Å². The number of aliphatic hydroxyl groups is 1. The van der Waals surface area contributed by atoms with Crippen molar-refractivity contribution >= 4 is 17.4 Å². The summed E-state index contributed by atoms with van der Waals surface area (Å²) in [5.41, 5.74) is 1.26. The van der Waals surface area contributed by atoms with Crippen molar-refractivity contribution in [3.63, 3.8) is 0 Å². The Labute approximate surface area is 224 Å². The van der Waals surface area contributed by atoms with Gasteiger partial charge in [-0.1, -0.05) is 26.0 Å². The third-order valence-corrected chi connectivity index (χ3v) is 6.88. The standard InChI is InChI=1S/C30H38N2O6/c1-4-37-24-10-8-22(9-11-24)28(33)26-27(23-6-5-7-25(20-23)38-17-12-21(2)3)32(30(35)29(26)34)14-13-31-15-18-36-19-16-31/h5-11,20-21,27,33H,4,12-19H2,1-3H3. The summed E-state index contributed by atoms with van der Waals surface area (Å²) in [6, 6.07) is 13.6. The van der Waals surface area contributed by atoms with Gasteiger partial charge < -0.3 is 24.2 Å². The van der Waals surface area contributed by atoms with E-state index in [1.165, 1.54) is 0 Å². The lowest BCUT2D eigenvalue weighted by Gasteiger charge is -2.31. The van der Waals surface area contributed by atoms with Gasteiger partial charge in [0.05, 0.1) is 38.0 Å². The maximum atomic E-state index is 13.4. The second-order valence-electron chi connectivity index (χ2n) is 10.0. The minimum absolute atomic E-state index is 0.0838. The smallest absolute Gasteiger partial charge is 0.295 e. The SMILES string of the molecule is CCOc1ccc(C(O)=C2C(=O)C(=O)N(CCN3CCOCC3)C2c2cccc(OCCC(C)C)c2)cc1. The molecule has 0 bridgehead atoms. The van der Waals surface area contributed by atoms with Gasteiger partial charge in [0.1, 0.15) is 17.3 Å². The number of ketones is 1. The van der Waals surface area contributed by atoms with E-state index in [2.05, 4.69) is 18.7 Å². The summed E-state index contributed by atoms with van der Waals surface area (Å²) < 4.78 is 16.9. The first-order chi connectivity index (χ1) is 18.4. The summed E-state index contributed by atoms with van der Waals surface area (Å²) in [6.07, 6.45) is 0.917. The van der Waals surface area contributed by atoms with Crippen molar-refractivity contribution in [3.8, 4) is 11.5 Å². The first-order valence-corrected chi connectivity index (χ1v) is 13.4. The zero-order chi connectivity index (χ0) is 27.1. The zero-order valence-electron chi connectivity index (χ0n) is 22.5. The number of hydrogen-bond donors (Lipinski definition) is 1. The summed E-state index contributed by atoms with van der Waals surface area (Å²) in [7, 11) is 0. The molecule has 2 fully saturated rings. The molecule has 0 aromatic heterocycles. The number of rotatable bonds is 11. The maximum absolute atomic E-state index is 13.4. The summed E-state index contributed by atoms with van der Waals surface area (Å²) in [4.78, 5) is 30.5. The summed E-state index contributed by atoms with van der Waals surface area (Å²) >= 11 is 0.